The summed E-state index contributed by atoms with van der Waals surface area (Å²) in [5.41, 5.74) is 2.19. The van der Waals surface area contributed by atoms with Crippen LogP contribution in [0.3, 0.4) is 0 Å². The molecular weight excluding hydrogens is 406 g/mol. The zero-order chi connectivity index (χ0) is 22.8. The van der Waals surface area contributed by atoms with Crippen molar-refractivity contribution in [3.8, 4) is 0 Å². The number of anilines is 1. The molecule has 0 radical (unpaired) electrons. The molecule has 1 atom stereocenters. The highest BCUT2D eigenvalue weighted by Gasteiger charge is 2.28. The van der Waals surface area contributed by atoms with Gasteiger partial charge in [0.05, 0.1) is 19.3 Å². The number of likely N-dealkylation sites (tertiary alicyclic amines) is 1. The van der Waals surface area contributed by atoms with E-state index in [0.717, 1.165) is 86.8 Å². The molecule has 2 fully saturated rings. The van der Waals surface area contributed by atoms with Crippen LogP contribution in [0.1, 0.15) is 66.9 Å². The summed E-state index contributed by atoms with van der Waals surface area (Å²) in [7, 11) is 0. The van der Waals surface area contributed by atoms with Gasteiger partial charge in [-0.05, 0) is 47.5 Å². The molecule has 1 unspecified atom stereocenters. The number of aryl methyl sites for hydroxylation is 3. The number of amides is 1. The minimum absolute atomic E-state index is 0.000542. The molecule has 2 aromatic rings. The third-order valence-electron chi connectivity index (χ3n) is 6.70. The van der Waals surface area contributed by atoms with Crippen LogP contribution in [0.5, 0.6) is 0 Å². The standard InChI is InChI=1S/C23H35N7O2/c1-15(30-19(5)25-18(4)27-30)14-21(31)28-8-6-20(7-9-28)22-24-17(3)16(2)23(26-22)29-10-12-32-13-11-29/h15,20H,6-14H2,1-5H3. The van der Waals surface area contributed by atoms with E-state index >= 15 is 0 Å². The Kier molecular flexibility index (Phi) is 6.74. The summed E-state index contributed by atoms with van der Waals surface area (Å²) < 4.78 is 7.36. The molecule has 0 aliphatic carbocycles. The molecule has 2 aromatic heterocycles. The van der Waals surface area contributed by atoms with Crippen molar-refractivity contribution in [2.75, 3.05) is 44.3 Å². The highest BCUT2D eigenvalue weighted by atomic mass is 16.5. The van der Waals surface area contributed by atoms with E-state index < -0.39 is 0 Å². The molecule has 2 aliphatic rings. The molecule has 2 saturated heterocycles. The van der Waals surface area contributed by atoms with E-state index in [1.54, 1.807) is 0 Å². The Morgan fingerprint density at radius 1 is 1.03 bits per heavy atom. The summed E-state index contributed by atoms with van der Waals surface area (Å²) in [5.74, 6) is 4.02. The van der Waals surface area contributed by atoms with Crippen molar-refractivity contribution >= 4 is 11.7 Å². The lowest BCUT2D eigenvalue weighted by atomic mass is 9.95. The fourth-order valence-corrected chi connectivity index (χ4v) is 4.71. The van der Waals surface area contributed by atoms with Crippen molar-refractivity contribution in [1.82, 2.24) is 29.6 Å². The van der Waals surface area contributed by atoms with Crippen LogP contribution in [-0.4, -0.2) is 74.9 Å². The lowest BCUT2D eigenvalue weighted by molar-refractivity contribution is -0.133. The van der Waals surface area contributed by atoms with E-state index in [4.69, 9.17) is 14.7 Å². The van der Waals surface area contributed by atoms with E-state index in [2.05, 4.69) is 28.8 Å². The smallest absolute Gasteiger partial charge is 0.224 e. The largest absolute Gasteiger partial charge is 0.378 e. The molecule has 0 saturated carbocycles. The second kappa shape index (κ2) is 9.52. The van der Waals surface area contributed by atoms with Gasteiger partial charge in [-0.2, -0.15) is 5.10 Å². The lowest BCUT2D eigenvalue weighted by Gasteiger charge is -2.33. The molecule has 1 amide bonds. The third kappa shape index (κ3) is 4.77. The Hall–Kier alpha value is -2.55. The molecule has 2 aliphatic heterocycles. The van der Waals surface area contributed by atoms with E-state index in [9.17, 15) is 4.79 Å². The molecule has 0 N–H and O–H groups in total. The molecule has 32 heavy (non-hydrogen) atoms. The summed E-state index contributed by atoms with van der Waals surface area (Å²) in [5, 5.41) is 4.43. The number of rotatable bonds is 5. The van der Waals surface area contributed by atoms with Crippen LogP contribution < -0.4 is 4.90 Å². The predicted octanol–water partition coefficient (Wildman–Crippen LogP) is 2.50. The Balaban J connectivity index is 1.38. The summed E-state index contributed by atoms with van der Waals surface area (Å²) in [4.78, 5) is 31.4. The molecule has 0 spiro atoms. The SMILES string of the molecule is Cc1nc(C)n(C(C)CC(=O)N2CCC(c3nc(C)c(C)c(N4CCOCC4)n3)CC2)n1. The van der Waals surface area contributed by atoms with Gasteiger partial charge in [0, 0.05) is 49.8 Å². The van der Waals surface area contributed by atoms with Crippen molar-refractivity contribution in [3.05, 3.63) is 28.7 Å². The molecule has 0 aromatic carbocycles. The summed E-state index contributed by atoms with van der Waals surface area (Å²) in [6, 6.07) is 0.000542. The van der Waals surface area contributed by atoms with Crippen molar-refractivity contribution in [3.63, 3.8) is 0 Å². The first-order chi connectivity index (χ1) is 15.3. The molecule has 4 heterocycles. The van der Waals surface area contributed by atoms with Crippen molar-refractivity contribution in [1.29, 1.82) is 0 Å². The summed E-state index contributed by atoms with van der Waals surface area (Å²) in [6.45, 7) is 14.7. The van der Waals surface area contributed by atoms with Crippen LogP contribution in [0, 0.1) is 27.7 Å². The first-order valence-electron chi connectivity index (χ1n) is 11.7. The fourth-order valence-electron chi connectivity index (χ4n) is 4.71. The van der Waals surface area contributed by atoms with Gasteiger partial charge in [-0.3, -0.25) is 4.79 Å². The van der Waals surface area contributed by atoms with Gasteiger partial charge in [-0.15, -0.1) is 0 Å². The maximum Gasteiger partial charge on any atom is 0.224 e. The van der Waals surface area contributed by atoms with Crippen molar-refractivity contribution < 1.29 is 9.53 Å². The third-order valence-corrected chi connectivity index (χ3v) is 6.70. The predicted molar refractivity (Wildman–Crippen MR) is 122 cm³/mol. The van der Waals surface area contributed by atoms with E-state index in [1.165, 1.54) is 0 Å². The van der Waals surface area contributed by atoms with Gasteiger partial charge in [0.25, 0.3) is 0 Å². The number of hydrogen-bond donors (Lipinski definition) is 0. The van der Waals surface area contributed by atoms with Gasteiger partial charge in [0.1, 0.15) is 23.3 Å². The topological polar surface area (TPSA) is 89.3 Å². The first kappa shape index (κ1) is 22.6. The molecule has 0 bridgehead atoms. The number of morpholine rings is 1. The molecule has 174 valence electrons. The van der Waals surface area contributed by atoms with E-state index in [0.29, 0.717) is 6.42 Å². The minimum Gasteiger partial charge on any atom is -0.378 e. The van der Waals surface area contributed by atoms with Gasteiger partial charge in [-0.1, -0.05) is 0 Å². The van der Waals surface area contributed by atoms with Crippen molar-refractivity contribution in [2.24, 2.45) is 0 Å². The van der Waals surface area contributed by atoms with Gasteiger partial charge in [0.2, 0.25) is 5.91 Å². The highest BCUT2D eigenvalue weighted by Crippen LogP contribution is 2.30. The molecular formula is C23H35N7O2. The van der Waals surface area contributed by atoms with Gasteiger partial charge >= 0.3 is 0 Å². The molecule has 4 rings (SSSR count). The Labute approximate surface area is 190 Å². The van der Waals surface area contributed by atoms with Crippen LogP contribution >= 0.6 is 0 Å². The number of ether oxygens (including phenoxy) is 1. The average molecular weight is 442 g/mol. The maximum atomic E-state index is 12.9. The number of carbonyl (C=O) groups is 1. The summed E-state index contributed by atoms with van der Waals surface area (Å²) in [6.07, 6.45) is 2.23. The zero-order valence-electron chi connectivity index (χ0n) is 20.0. The van der Waals surface area contributed by atoms with Crippen LogP contribution in [0.15, 0.2) is 0 Å². The van der Waals surface area contributed by atoms with Crippen LogP contribution in [-0.2, 0) is 9.53 Å². The Bertz CT molecular complexity index is 959. The number of aromatic nitrogens is 5. The minimum atomic E-state index is 0.000542. The number of hydrogen-bond acceptors (Lipinski definition) is 7. The van der Waals surface area contributed by atoms with Crippen LogP contribution in [0.2, 0.25) is 0 Å². The fraction of sp³-hybridized carbons (Fsp3) is 0.696. The summed E-state index contributed by atoms with van der Waals surface area (Å²) >= 11 is 0. The zero-order valence-corrected chi connectivity index (χ0v) is 20.0. The molecule has 9 nitrogen and oxygen atoms in total. The van der Waals surface area contributed by atoms with E-state index in [-0.39, 0.29) is 17.9 Å². The van der Waals surface area contributed by atoms with Crippen LogP contribution in [0.4, 0.5) is 5.82 Å². The number of piperidine rings is 1. The number of nitrogens with zero attached hydrogens (tertiary/aromatic N) is 7. The normalized spacial score (nSPS) is 18.8. The molecule has 9 heteroatoms. The lowest BCUT2D eigenvalue weighted by Crippen LogP contribution is -2.40. The Morgan fingerprint density at radius 3 is 2.34 bits per heavy atom. The van der Waals surface area contributed by atoms with E-state index in [1.807, 2.05) is 30.4 Å². The van der Waals surface area contributed by atoms with Crippen molar-refractivity contribution in [2.45, 2.75) is 65.8 Å². The second-order valence-corrected chi connectivity index (χ2v) is 9.07. The van der Waals surface area contributed by atoms with Crippen LogP contribution in [0.25, 0.3) is 0 Å². The Morgan fingerprint density at radius 2 is 1.72 bits per heavy atom. The van der Waals surface area contributed by atoms with Gasteiger partial charge in [-0.25, -0.2) is 19.6 Å². The number of carbonyl (C=O) groups excluding carboxylic acids is 1. The second-order valence-electron chi connectivity index (χ2n) is 9.07. The monoisotopic (exact) mass is 441 g/mol. The maximum absolute atomic E-state index is 12.9. The van der Waals surface area contributed by atoms with Gasteiger partial charge in [0.15, 0.2) is 0 Å². The quantitative estimate of drug-likeness (QED) is 0.704. The van der Waals surface area contributed by atoms with Gasteiger partial charge < -0.3 is 14.5 Å². The highest BCUT2D eigenvalue weighted by molar-refractivity contribution is 5.76. The first-order valence-corrected chi connectivity index (χ1v) is 11.7. The average Bonchev–Trinajstić information content (AvgIpc) is 3.14.